The van der Waals surface area contributed by atoms with Crippen LogP contribution in [0.3, 0.4) is 0 Å². The highest BCUT2D eigenvalue weighted by atomic mass is 16.2. The fourth-order valence-corrected chi connectivity index (χ4v) is 2.54. The van der Waals surface area contributed by atoms with Gasteiger partial charge < -0.3 is 10.6 Å². The Morgan fingerprint density at radius 1 is 1.48 bits per heavy atom. The van der Waals surface area contributed by atoms with E-state index in [2.05, 4.69) is 26.2 Å². The van der Waals surface area contributed by atoms with Crippen molar-refractivity contribution < 1.29 is 4.79 Å². The quantitative estimate of drug-likeness (QED) is 0.879. The summed E-state index contributed by atoms with van der Waals surface area (Å²) in [6.45, 7) is 3.70. The van der Waals surface area contributed by atoms with Crippen LogP contribution in [0.2, 0.25) is 0 Å². The standard InChI is InChI=1S/C14H18N6O/c1-14(6-3-7-15-9-14)13(21)17-11-4-2-5-12(8-11)20-10-16-18-19-20/h2,4-5,8,10,15H,3,6-7,9H2,1H3,(H,17,21). The number of carbonyl (C=O) groups is 1. The number of amides is 1. The number of nitrogens with zero attached hydrogens (tertiary/aromatic N) is 4. The van der Waals surface area contributed by atoms with Crippen LogP contribution >= 0.6 is 0 Å². The molecule has 1 aromatic carbocycles. The minimum atomic E-state index is -0.358. The molecule has 0 aliphatic carbocycles. The minimum absolute atomic E-state index is 0.0450. The highest BCUT2D eigenvalue weighted by Gasteiger charge is 2.34. The molecule has 1 aliphatic heterocycles. The lowest BCUT2D eigenvalue weighted by Gasteiger charge is -2.32. The van der Waals surface area contributed by atoms with Crippen molar-refractivity contribution in [3.05, 3.63) is 30.6 Å². The van der Waals surface area contributed by atoms with E-state index in [0.29, 0.717) is 6.54 Å². The number of nitrogens with one attached hydrogen (secondary N) is 2. The Hall–Kier alpha value is -2.28. The molecule has 1 amide bonds. The maximum atomic E-state index is 12.5. The second kappa shape index (κ2) is 5.61. The number of carbonyl (C=O) groups excluding carboxylic acids is 1. The number of piperidine rings is 1. The fourth-order valence-electron chi connectivity index (χ4n) is 2.54. The van der Waals surface area contributed by atoms with Crippen LogP contribution in [0.1, 0.15) is 19.8 Å². The Balaban J connectivity index is 1.76. The zero-order chi connectivity index (χ0) is 14.7. The largest absolute Gasteiger partial charge is 0.326 e. The van der Waals surface area contributed by atoms with Gasteiger partial charge in [-0.2, -0.15) is 0 Å². The molecule has 7 nitrogen and oxygen atoms in total. The van der Waals surface area contributed by atoms with Crippen LogP contribution < -0.4 is 10.6 Å². The minimum Gasteiger partial charge on any atom is -0.326 e. The molecule has 1 atom stereocenters. The van der Waals surface area contributed by atoms with Gasteiger partial charge >= 0.3 is 0 Å². The summed E-state index contributed by atoms with van der Waals surface area (Å²) in [6.07, 6.45) is 3.44. The molecule has 21 heavy (non-hydrogen) atoms. The van der Waals surface area contributed by atoms with Crippen LogP contribution in [0.4, 0.5) is 5.69 Å². The molecular weight excluding hydrogens is 268 g/mol. The predicted octanol–water partition coefficient (Wildman–Crippen LogP) is 0.990. The van der Waals surface area contributed by atoms with E-state index in [9.17, 15) is 4.79 Å². The van der Waals surface area contributed by atoms with E-state index >= 15 is 0 Å². The summed E-state index contributed by atoms with van der Waals surface area (Å²) in [7, 11) is 0. The van der Waals surface area contributed by atoms with Gasteiger partial charge in [0.25, 0.3) is 0 Å². The van der Waals surface area contributed by atoms with Gasteiger partial charge in [0.05, 0.1) is 11.1 Å². The molecule has 3 rings (SSSR count). The molecule has 1 aliphatic rings. The molecule has 0 bridgehead atoms. The van der Waals surface area contributed by atoms with Crippen LogP contribution in [0.15, 0.2) is 30.6 Å². The lowest BCUT2D eigenvalue weighted by molar-refractivity contribution is -0.125. The fraction of sp³-hybridized carbons (Fsp3) is 0.429. The molecule has 2 heterocycles. The van der Waals surface area contributed by atoms with Crippen LogP contribution in [-0.4, -0.2) is 39.2 Å². The zero-order valence-corrected chi connectivity index (χ0v) is 11.9. The van der Waals surface area contributed by atoms with Gasteiger partial charge in [-0.1, -0.05) is 6.07 Å². The molecule has 1 fully saturated rings. The average Bonchev–Trinajstić information content (AvgIpc) is 3.02. The Bertz CT molecular complexity index is 618. The summed E-state index contributed by atoms with van der Waals surface area (Å²) < 4.78 is 1.56. The number of benzene rings is 1. The van der Waals surface area contributed by atoms with Crippen molar-refractivity contribution in [2.24, 2.45) is 5.41 Å². The first-order valence-electron chi connectivity index (χ1n) is 7.03. The topological polar surface area (TPSA) is 84.7 Å². The number of rotatable bonds is 3. The third-order valence-electron chi connectivity index (χ3n) is 3.86. The van der Waals surface area contributed by atoms with Crippen molar-refractivity contribution in [2.75, 3.05) is 18.4 Å². The summed E-state index contributed by atoms with van der Waals surface area (Å²) in [4.78, 5) is 12.5. The van der Waals surface area contributed by atoms with Crippen LogP contribution in [0.25, 0.3) is 5.69 Å². The zero-order valence-electron chi connectivity index (χ0n) is 11.9. The second-order valence-corrected chi connectivity index (χ2v) is 5.60. The lowest BCUT2D eigenvalue weighted by Crippen LogP contribution is -2.46. The Kier molecular flexibility index (Phi) is 3.66. The summed E-state index contributed by atoms with van der Waals surface area (Å²) in [5.74, 6) is 0.0450. The second-order valence-electron chi connectivity index (χ2n) is 5.60. The summed E-state index contributed by atoms with van der Waals surface area (Å²) in [6, 6.07) is 7.48. The van der Waals surface area contributed by atoms with E-state index in [1.807, 2.05) is 31.2 Å². The van der Waals surface area contributed by atoms with Crippen molar-refractivity contribution in [1.82, 2.24) is 25.5 Å². The molecule has 0 radical (unpaired) electrons. The van der Waals surface area contributed by atoms with Crippen LogP contribution in [0.5, 0.6) is 0 Å². The molecule has 1 unspecified atom stereocenters. The molecular formula is C14H18N6O. The molecule has 7 heteroatoms. The summed E-state index contributed by atoms with van der Waals surface area (Å²) in [5.41, 5.74) is 1.20. The number of anilines is 1. The van der Waals surface area contributed by atoms with Gasteiger partial charge in [0, 0.05) is 12.2 Å². The van der Waals surface area contributed by atoms with Gasteiger partial charge in [0.1, 0.15) is 6.33 Å². The highest BCUT2D eigenvalue weighted by Crippen LogP contribution is 2.27. The maximum Gasteiger partial charge on any atom is 0.231 e. The Labute approximate surface area is 122 Å². The van der Waals surface area contributed by atoms with Crippen molar-refractivity contribution in [3.8, 4) is 5.69 Å². The molecule has 110 valence electrons. The van der Waals surface area contributed by atoms with Gasteiger partial charge in [-0.3, -0.25) is 4.79 Å². The Morgan fingerprint density at radius 2 is 2.38 bits per heavy atom. The number of tetrazole rings is 1. The molecule has 1 saturated heterocycles. The lowest BCUT2D eigenvalue weighted by atomic mass is 9.82. The molecule has 0 saturated carbocycles. The summed E-state index contributed by atoms with van der Waals surface area (Å²) in [5, 5.41) is 17.3. The van der Waals surface area contributed by atoms with E-state index in [-0.39, 0.29) is 11.3 Å². The number of hydrogen-bond acceptors (Lipinski definition) is 5. The van der Waals surface area contributed by atoms with E-state index in [1.54, 1.807) is 4.68 Å². The van der Waals surface area contributed by atoms with E-state index in [4.69, 9.17) is 0 Å². The van der Waals surface area contributed by atoms with Crippen molar-refractivity contribution >= 4 is 11.6 Å². The molecule has 1 aromatic heterocycles. The van der Waals surface area contributed by atoms with E-state index < -0.39 is 0 Å². The molecule has 2 aromatic rings. The third kappa shape index (κ3) is 2.92. The summed E-state index contributed by atoms with van der Waals surface area (Å²) >= 11 is 0. The van der Waals surface area contributed by atoms with Crippen LogP contribution in [0, 0.1) is 5.41 Å². The van der Waals surface area contributed by atoms with Crippen LogP contribution in [-0.2, 0) is 4.79 Å². The first-order valence-corrected chi connectivity index (χ1v) is 7.03. The first-order chi connectivity index (χ1) is 10.2. The Morgan fingerprint density at radius 3 is 3.10 bits per heavy atom. The van der Waals surface area contributed by atoms with Gasteiger partial charge in [0.2, 0.25) is 5.91 Å². The van der Waals surface area contributed by atoms with Gasteiger partial charge in [-0.25, -0.2) is 4.68 Å². The van der Waals surface area contributed by atoms with Gasteiger partial charge in [-0.15, -0.1) is 5.10 Å². The third-order valence-corrected chi connectivity index (χ3v) is 3.86. The first kappa shape index (κ1) is 13.7. The normalized spacial score (nSPS) is 22.0. The van der Waals surface area contributed by atoms with Crippen molar-refractivity contribution in [2.45, 2.75) is 19.8 Å². The monoisotopic (exact) mass is 286 g/mol. The molecule has 0 spiro atoms. The predicted molar refractivity (Wildman–Crippen MR) is 78.0 cm³/mol. The number of hydrogen-bond donors (Lipinski definition) is 2. The van der Waals surface area contributed by atoms with Gasteiger partial charge in [0.15, 0.2) is 0 Å². The highest BCUT2D eigenvalue weighted by molar-refractivity contribution is 5.95. The average molecular weight is 286 g/mol. The smallest absolute Gasteiger partial charge is 0.231 e. The van der Waals surface area contributed by atoms with Crippen molar-refractivity contribution in [1.29, 1.82) is 0 Å². The number of aromatic nitrogens is 4. The molecule has 2 N–H and O–H groups in total. The maximum absolute atomic E-state index is 12.5. The van der Waals surface area contributed by atoms with Crippen molar-refractivity contribution in [3.63, 3.8) is 0 Å². The SMILES string of the molecule is CC1(C(=O)Nc2cccc(-n3cnnn3)c2)CCCNC1. The van der Waals surface area contributed by atoms with Gasteiger partial charge in [-0.05, 0) is 54.9 Å². The van der Waals surface area contributed by atoms with E-state index in [0.717, 1.165) is 30.8 Å². The van der Waals surface area contributed by atoms with E-state index in [1.165, 1.54) is 6.33 Å².